The van der Waals surface area contributed by atoms with Crippen LogP contribution >= 0.6 is 11.6 Å². The molecule has 0 aliphatic heterocycles. The normalized spacial score (nSPS) is 10.2. The molecule has 0 atom stereocenters. The number of hydrogen-bond donors (Lipinski definition) is 1. The number of hydrogen-bond acceptors (Lipinski definition) is 2. The van der Waals surface area contributed by atoms with E-state index in [1.54, 1.807) is 19.2 Å². The van der Waals surface area contributed by atoms with E-state index in [1.165, 1.54) is 0 Å². The molecule has 0 spiro atoms. The van der Waals surface area contributed by atoms with Crippen molar-refractivity contribution in [2.45, 2.75) is 6.92 Å². The van der Waals surface area contributed by atoms with Crippen LogP contribution in [0.15, 0.2) is 42.5 Å². The van der Waals surface area contributed by atoms with Crippen molar-refractivity contribution >= 4 is 17.5 Å². The highest BCUT2D eigenvalue weighted by Gasteiger charge is 2.11. The summed E-state index contributed by atoms with van der Waals surface area (Å²) in [4.78, 5) is 11.7. The van der Waals surface area contributed by atoms with E-state index in [9.17, 15) is 4.79 Å². The van der Waals surface area contributed by atoms with Crippen molar-refractivity contribution in [2.75, 3.05) is 13.7 Å². The van der Waals surface area contributed by atoms with Gasteiger partial charge in [0.1, 0.15) is 5.75 Å². The van der Waals surface area contributed by atoms with Crippen LogP contribution in [-0.2, 0) is 0 Å². The van der Waals surface area contributed by atoms with Gasteiger partial charge in [-0.2, -0.15) is 0 Å². The maximum absolute atomic E-state index is 11.7. The van der Waals surface area contributed by atoms with Crippen LogP contribution in [0, 0.1) is 0 Å². The third kappa shape index (κ3) is 3.11. The molecular weight excluding hydrogens is 274 g/mol. The van der Waals surface area contributed by atoms with E-state index >= 15 is 0 Å². The Labute approximate surface area is 123 Å². The van der Waals surface area contributed by atoms with Gasteiger partial charge in [0.2, 0.25) is 0 Å². The standard InChI is InChI=1S/C16H16ClNO2/c1-3-20-15-10-12(16(19)18-2)7-8-14(15)11-5-4-6-13(17)9-11/h4-10H,3H2,1-2H3,(H,18,19). The van der Waals surface area contributed by atoms with Gasteiger partial charge in [0, 0.05) is 23.2 Å². The second-order valence-electron chi connectivity index (χ2n) is 4.23. The molecule has 2 aromatic carbocycles. The molecule has 0 fully saturated rings. The maximum Gasteiger partial charge on any atom is 0.251 e. The van der Waals surface area contributed by atoms with Crippen molar-refractivity contribution in [2.24, 2.45) is 0 Å². The molecule has 4 heteroatoms. The predicted molar refractivity (Wildman–Crippen MR) is 81.4 cm³/mol. The number of carbonyl (C=O) groups is 1. The van der Waals surface area contributed by atoms with Crippen molar-refractivity contribution in [1.82, 2.24) is 5.32 Å². The molecule has 0 aromatic heterocycles. The van der Waals surface area contributed by atoms with Gasteiger partial charge in [-0.3, -0.25) is 4.79 Å². The summed E-state index contributed by atoms with van der Waals surface area (Å²) in [6.45, 7) is 2.44. The molecule has 3 nitrogen and oxygen atoms in total. The molecule has 0 heterocycles. The average Bonchev–Trinajstić information content (AvgIpc) is 2.46. The Bertz CT molecular complexity index is 626. The number of benzene rings is 2. The fourth-order valence-electron chi connectivity index (χ4n) is 1.98. The lowest BCUT2D eigenvalue weighted by molar-refractivity contribution is 0.0962. The molecule has 20 heavy (non-hydrogen) atoms. The Morgan fingerprint density at radius 2 is 2.05 bits per heavy atom. The first-order valence-electron chi connectivity index (χ1n) is 6.40. The highest BCUT2D eigenvalue weighted by molar-refractivity contribution is 6.30. The SMILES string of the molecule is CCOc1cc(C(=O)NC)ccc1-c1cccc(Cl)c1. The van der Waals surface area contributed by atoms with E-state index in [2.05, 4.69) is 5.32 Å². The number of rotatable bonds is 4. The summed E-state index contributed by atoms with van der Waals surface area (Å²) in [6, 6.07) is 12.9. The molecule has 0 saturated heterocycles. The Hall–Kier alpha value is -2.00. The number of nitrogens with one attached hydrogen (secondary N) is 1. The molecule has 0 aliphatic rings. The molecule has 1 N–H and O–H groups in total. The zero-order valence-corrected chi connectivity index (χ0v) is 12.2. The quantitative estimate of drug-likeness (QED) is 0.930. The summed E-state index contributed by atoms with van der Waals surface area (Å²) in [5.74, 6) is 0.541. The zero-order valence-electron chi connectivity index (χ0n) is 11.4. The highest BCUT2D eigenvalue weighted by atomic mass is 35.5. The van der Waals surface area contributed by atoms with E-state index in [0.717, 1.165) is 11.1 Å². The molecule has 104 valence electrons. The van der Waals surface area contributed by atoms with Gasteiger partial charge < -0.3 is 10.1 Å². The summed E-state index contributed by atoms with van der Waals surface area (Å²) >= 11 is 6.02. The average molecular weight is 290 g/mol. The molecule has 2 aromatic rings. The minimum absolute atomic E-state index is 0.136. The molecule has 0 saturated carbocycles. The van der Waals surface area contributed by atoms with Crippen molar-refractivity contribution in [1.29, 1.82) is 0 Å². The largest absolute Gasteiger partial charge is 0.493 e. The van der Waals surface area contributed by atoms with Crippen molar-refractivity contribution in [3.63, 3.8) is 0 Å². The van der Waals surface area contributed by atoms with Gasteiger partial charge in [-0.05, 0) is 42.8 Å². The van der Waals surface area contributed by atoms with Crippen molar-refractivity contribution in [3.8, 4) is 16.9 Å². The molecule has 2 rings (SSSR count). The number of carbonyl (C=O) groups excluding carboxylic acids is 1. The monoisotopic (exact) mass is 289 g/mol. The van der Waals surface area contributed by atoms with Gasteiger partial charge in [-0.25, -0.2) is 0 Å². The van der Waals surface area contributed by atoms with Gasteiger partial charge in [0.25, 0.3) is 5.91 Å². The van der Waals surface area contributed by atoms with Crippen molar-refractivity contribution in [3.05, 3.63) is 53.1 Å². The van der Waals surface area contributed by atoms with Crippen molar-refractivity contribution < 1.29 is 9.53 Å². The Balaban J connectivity index is 2.50. The third-order valence-corrected chi connectivity index (χ3v) is 3.14. The van der Waals surface area contributed by atoms with Crippen LogP contribution in [0.4, 0.5) is 0 Å². The van der Waals surface area contributed by atoms with Gasteiger partial charge in [-0.1, -0.05) is 23.7 Å². The molecule has 0 aliphatic carbocycles. The topological polar surface area (TPSA) is 38.3 Å². The van der Waals surface area contributed by atoms with Crippen LogP contribution in [0.2, 0.25) is 5.02 Å². The number of halogens is 1. The van der Waals surface area contributed by atoms with Crippen LogP contribution in [0.1, 0.15) is 17.3 Å². The number of ether oxygens (including phenoxy) is 1. The lowest BCUT2D eigenvalue weighted by Crippen LogP contribution is -2.17. The van der Waals surface area contributed by atoms with E-state index < -0.39 is 0 Å². The van der Waals surface area contributed by atoms with E-state index in [1.807, 2.05) is 37.3 Å². The minimum Gasteiger partial charge on any atom is -0.493 e. The Morgan fingerprint density at radius 1 is 1.25 bits per heavy atom. The van der Waals surface area contributed by atoms with Crippen LogP contribution in [-0.4, -0.2) is 19.6 Å². The second-order valence-corrected chi connectivity index (χ2v) is 4.67. The first-order chi connectivity index (χ1) is 9.65. The summed E-state index contributed by atoms with van der Waals surface area (Å²) in [5, 5.41) is 3.27. The smallest absolute Gasteiger partial charge is 0.251 e. The first-order valence-corrected chi connectivity index (χ1v) is 6.78. The Morgan fingerprint density at radius 3 is 2.70 bits per heavy atom. The van der Waals surface area contributed by atoms with Gasteiger partial charge in [0.15, 0.2) is 0 Å². The van der Waals surface area contributed by atoms with Crippen LogP contribution in [0.25, 0.3) is 11.1 Å². The minimum atomic E-state index is -0.136. The van der Waals surface area contributed by atoms with Gasteiger partial charge in [-0.15, -0.1) is 0 Å². The molecule has 0 unspecified atom stereocenters. The fraction of sp³-hybridized carbons (Fsp3) is 0.188. The van der Waals surface area contributed by atoms with Gasteiger partial charge in [0.05, 0.1) is 6.61 Å². The van der Waals surface area contributed by atoms with E-state index in [-0.39, 0.29) is 5.91 Å². The van der Waals surface area contributed by atoms with E-state index in [0.29, 0.717) is 22.9 Å². The second kappa shape index (κ2) is 6.44. The Kier molecular flexibility index (Phi) is 4.64. The fourth-order valence-corrected chi connectivity index (χ4v) is 2.17. The molecular formula is C16H16ClNO2. The lowest BCUT2D eigenvalue weighted by Gasteiger charge is -2.12. The molecule has 1 amide bonds. The van der Waals surface area contributed by atoms with Gasteiger partial charge >= 0.3 is 0 Å². The molecule has 0 radical (unpaired) electrons. The maximum atomic E-state index is 11.7. The summed E-state index contributed by atoms with van der Waals surface area (Å²) in [5.41, 5.74) is 2.45. The highest BCUT2D eigenvalue weighted by Crippen LogP contribution is 2.32. The van der Waals surface area contributed by atoms with Crippen LogP contribution in [0.5, 0.6) is 5.75 Å². The van der Waals surface area contributed by atoms with Crippen LogP contribution in [0.3, 0.4) is 0 Å². The number of amides is 1. The third-order valence-electron chi connectivity index (χ3n) is 2.91. The first kappa shape index (κ1) is 14.4. The van der Waals surface area contributed by atoms with E-state index in [4.69, 9.17) is 16.3 Å². The summed E-state index contributed by atoms with van der Waals surface area (Å²) in [7, 11) is 1.60. The summed E-state index contributed by atoms with van der Waals surface area (Å²) in [6.07, 6.45) is 0. The molecule has 0 bridgehead atoms. The zero-order chi connectivity index (χ0) is 14.5. The predicted octanol–water partition coefficient (Wildman–Crippen LogP) is 3.77. The lowest BCUT2D eigenvalue weighted by atomic mass is 10.0. The summed E-state index contributed by atoms with van der Waals surface area (Å²) < 4.78 is 5.64. The van der Waals surface area contributed by atoms with Crippen LogP contribution < -0.4 is 10.1 Å².